The zero-order chi connectivity index (χ0) is 24.3. The topological polar surface area (TPSA) is 17.8 Å². The fraction of sp³-hybridized carbons (Fsp3) is 0.0294. The Morgan fingerprint density at radius 2 is 0.861 bits per heavy atom. The van der Waals surface area contributed by atoms with Crippen LogP contribution in [-0.4, -0.2) is 9.55 Å². The molecule has 172 valence electrons. The number of hydrogen-bond acceptors (Lipinski definition) is 1. The Morgan fingerprint density at radius 3 is 1.33 bits per heavy atom. The highest BCUT2D eigenvalue weighted by atomic mass is 15.1. The van der Waals surface area contributed by atoms with Gasteiger partial charge in [0.2, 0.25) is 0 Å². The Morgan fingerprint density at radius 1 is 0.444 bits per heavy atom. The minimum Gasteiger partial charge on any atom is -0.327 e. The highest BCUT2D eigenvalue weighted by molar-refractivity contribution is 5.94. The molecule has 0 bridgehead atoms. The Labute approximate surface area is 212 Å². The first kappa shape index (κ1) is 21.8. The molecule has 0 N–H and O–H groups in total. The van der Waals surface area contributed by atoms with Gasteiger partial charge in [-0.1, -0.05) is 140 Å². The van der Waals surface area contributed by atoms with Gasteiger partial charge in [0.25, 0.3) is 0 Å². The van der Waals surface area contributed by atoms with Gasteiger partial charge in [-0.2, -0.15) is 0 Å². The van der Waals surface area contributed by atoms with Crippen LogP contribution in [0.4, 0.5) is 0 Å². The van der Waals surface area contributed by atoms with Gasteiger partial charge in [-0.3, -0.25) is 0 Å². The molecule has 0 aliphatic heterocycles. The van der Waals surface area contributed by atoms with E-state index in [9.17, 15) is 0 Å². The summed E-state index contributed by atoms with van der Waals surface area (Å²) in [5, 5.41) is 0. The van der Waals surface area contributed by atoms with Crippen molar-refractivity contribution in [3.05, 3.63) is 140 Å². The molecule has 0 aliphatic carbocycles. The van der Waals surface area contributed by atoms with Crippen molar-refractivity contribution in [2.45, 2.75) is 0 Å². The number of nitrogens with zero attached hydrogens (tertiary/aromatic N) is 2. The predicted molar refractivity (Wildman–Crippen MR) is 150 cm³/mol. The standard InChI is InChI=1S/C34H26N2/c1-36-33(28-21-12-5-13-22-28)32(27-19-10-4-11-20-27)35-34(36)31-29(25-15-6-2-7-16-25)23-14-24-30(31)26-17-8-3-9-18-26/h2-24H,1H3. The molecular formula is C34H26N2. The third-order valence-electron chi connectivity index (χ3n) is 6.65. The molecule has 0 unspecified atom stereocenters. The first-order chi connectivity index (χ1) is 17.8. The van der Waals surface area contributed by atoms with Crippen LogP contribution >= 0.6 is 0 Å². The smallest absolute Gasteiger partial charge is 0.142 e. The van der Waals surface area contributed by atoms with Gasteiger partial charge in [0.15, 0.2) is 0 Å². The molecule has 0 radical (unpaired) electrons. The molecule has 6 rings (SSSR count). The maximum atomic E-state index is 5.36. The van der Waals surface area contributed by atoms with E-state index in [1.807, 2.05) is 6.07 Å². The highest BCUT2D eigenvalue weighted by Gasteiger charge is 2.23. The van der Waals surface area contributed by atoms with Crippen molar-refractivity contribution < 1.29 is 0 Å². The van der Waals surface area contributed by atoms with E-state index in [4.69, 9.17) is 4.98 Å². The van der Waals surface area contributed by atoms with E-state index in [0.717, 1.165) is 33.9 Å². The van der Waals surface area contributed by atoms with Crippen molar-refractivity contribution in [2.75, 3.05) is 0 Å². The van der Waals surface area contributed by atoms with Gasteiger partial charge in [-0.05, 0) is 22.3 Å². The average molecular weight is 463 g/mol. The monoisotopic (exact) mass is 462 g/mol. The number of rotatable bonds is 5. The van der Waals surface area contributed by atoms with E-state index >= 15 is 0 Å². The fourth-order valence-corrected chi connectivity index (χ4v) is 4.96. The third-order valence-corrected chi connectivity index (χ3v) is 6.65. The SMILES string of the molecule is Cn1c(-c2c(-c3ccccc3)cccc2-c2ccccc2)nc(-c2ccccc2)c1-c1ccccc1. The maximum Gasteiger partial charge on any atom is 0.142 e. The van der Waals surface area contributed by atoms with E-state index in [0.29, 0.717) is 0 Å². The Kier molecular flexibility index (Phi) is 5.77. The molecule has 1 aromatic heterocycles. The first-order valence-electron chi connectivity index (χ1n) is 12.2. The molecule has 2 nitrogen and oxygen atoms in total. The summed E-state index contributed by atoms with van der Waals surface area (Å²) < 4.78 is 2.26. The zero-order valence-corrected chi connectivity index (χ0v) is 20.2. The van der Waals surface area contributed by atoms with Crippen molar-refractivity contribution in [3.63, 3.8) is 0 Å². The van der Waals surface area contributed by atoms with Crippen LogP contribution in [0.3, 0.4) is 0 Å². The van der Waals surface area contributed by atoms with Crippen molar-refractivity contribution >= 4 is 0 Å². The lowest BCUT2D eigenvalue weighted by Gasteiger charge is -2.16. The summed E-state index contributed by atoms with van der Waals surface area (Å²) in [7, 11) is 2.13. The summed E-state index contributed by atoms with van der Waals surface area (Å²) in [5.74, 6) is 0.950. The molecule has 0 saturated carbocycles. The first-order valence-corrected chi connectivity index (χ1v) is 12.2. The van der Waals surface area contributed by atoms with Gasteiger partial charge >= 0.3 is 0 Å². The minimum atomic E-state index is 0.950. The van der Waals surface area contributed by atoms with E-state index < -0.39 is 0 Å². The predicted octanol–water partition coefficient (Wildman–Crippen LogP) is 8.76. The number of hydrogen-bond donors (Lipinski definition) is 0. The van der Waals surface area contributed by atoms with Crippen LogP contribution in [0.2, 0.25) is 0 Å². The molecule has 0 amide bonds. The lowest BCUT2D eigenvalue weighted by Crippen LogP contribution is -1.99. The van der Waals surface area contributed by atoms with E-state index in [-0.39, 0.29) is 0 Å². The van der Waals surface area contributed by atoms with Crippen molar-refractivity contribution in [2.24, 2.45) is 7.05 Å². The van der Waals surface area contributed by atoms with Gasteiger partial charge in [0, 0.05) is 23.7 Å². The summed E-state index contributed by atoms with van der Waals surface area (Å²) in [6.07, 6.45) is 0. The van der Waals surface area contributed by atoms with Crippen molar-refractivity contribution in [1.82, 2.24) is 9.55 Å². The average Bonchev–Trinajstić information content (AvgIpc) is 3.31. The summed E-state index contributed by atoms with van der Waals surface area (Å²) in [5.41, 5.74) is 10.2. The molecule has 0 spiro atoms. The molecule has 2 heteroatoms. The maximum absolute atomic E-state index is 5.36. The van der Waals surface area contributed by atoms with Crippen LogP contribution in [0.15, 0.2) is 140 Å². The lowest BCUT2D eigenvalue weighted by molar-refractivity contribution is 0.933. The summed E-state index contributed by atoms with van der Waals surface area (Å²) in [6.45, 7) is 0. The second-order valence-electron chi connectivity index (χ2n) is 8.88. The quantitative estimate of drug-likeness (QED) is 0.250. The second kappa shape index (κ2) is 9.52. The summed E-state index contributed by atoms with van der Waals surface area (Å²) in [4.78, 5) is 5.36. The molecular weight excluding hydrogens is 436 g/mol. The summed E-state index contributed by atoms with van der Waals surface area (Å²) in [6, 6.07) is 48.8. The van der Waals surface area contributed by atoms with Crippen LogP contribution in [-0.2, 0) is 7.05 Å². The van der Waals surface area contributed by atoms with Gasteiger partial charge < -0.3 is 4.57 Å². The summed E-state index contributed by atoms with van der Waals surface area (Å²) >= 11 is 0. The number of imidazole rings is 1. The fourth-order valence-electron chi connectivity index (χ4n) is 4.96. The molecule has 0 aliphatic rings. The Bertz CT molecular complexity index is 1540. The molecule has 5 aromatic carbocycles. The Hall–Kier alpha value is -4.69. The largest absolute Gasteiger partial charge is 0.327 e. The minimum absolute atomic E-state index is 0.950. The molecule has 1 heterocycles. The van der Waals surface area contributed by atoms with Crippen LogP contribution in [0.25, 0.3) is 56.2 Å². The third kappa shape index (κ3) is 3.93. The van der Waals surface area contributed by atoms with E-state index in [2.05, 4.69) is 145 Å². The molecule has 6 aromatic rings. The van der Waals surface area contributed by atoms with Crippen LogP contribution in [0.1, 0.15) is 0 Å². The zero-order valence-electron chi connectivity index (χ0n) is 20.2. The van der Waals surface area contributed by atoms with Crippen LogP contribution < -0.4 is 0 Å². The molecule has 36 heavy (non-hydrogen) atoms. The lowest BCUT2D eigenvalue weighted by atomic mass is 9.91. The second-order valence-corrected chi connectivity index (χ2v) is 8.88. The number of aromatic nitrogens is 2. The number of benzene rings is 5. The molecule has 0 atom stereocenters. The van der Waals surface area contributed by atoms with Gasteiger partial charge in [0.05, 0.1) is 11.4 Å². The van der Waals surface area contributed by atoms with Gasteiger partial charge in [0.1, 0.15) is 5.82 Å². The van der Waals surface area contributed by atoms with Gasteiger partial charge in [-0.25, -0.2) is 4.98 Å². The van der Waals surface area contributed by atoms with Crippen molar-refractivity contribution in [3.8, 4) is 56.2 Å². The van der Waals surface area contributed by atoms with Crippen LogP contribution in [0, 0.1) is 0 Å². The Balaban J connectivity index is 1.69. The van der Waals surface area contributed by atoms with E-state index in [1.165, 1.54) is 22.3 Å². The van der Waals surface area contributed by atoms with Crippen molar-refractivity contribution in [1.29, 1.82) is 0 Å². The normalized spacial score (nSPS) is 10.9. The molecule has 0 fully saturated rings. The van der Waals surface area contributed by atoms with Gasteiger partial charge in [-0.15, -0.1) is 0 Å². The molecule has 0 saturated heterocycles. The highest BCUT2D eigenvalue weighted by Crippen LogP contribution is 2.43. The van der Waals surface area contributed by atoms with Crippen LogP contribution in [0.5, 0.6) is 0 Å². The van der Waals surface area contributed by atoms with E-state index in [1.54, 1.807) is 0 Å².